The molecule has 8 rings (SSSR count). The van der Waals surface area contributed by atoms with Crippen LogP contribution in [0.3, 0.4) is 0 Å². The lowest BCUT2D eigenvalue weighted by Crippen LogP contribution is -2.58. The van der Waals surface area contributed by atoms with Gasteiger partial charge in [-0.3, -0.25) is 0 Å². The van der Waals surface area contributed by atoms with Crippen LogP contribution in [-0.2, 0) is 0 Å². The first-order valence-corrected chi connectivity index (χ1v) is 11.4. The predicted molar refractivity (Wildman–Crippen MR) is 137 cm³/mol. The Hall–Kier alpha value is -4.24. The van der Waals surface area contributed by atoms with Gasteiger partial charge in [0.25, 0.3) is 6.71 Å². The summed E-state index contributed by atoms with van der Waals surface area (Å²) < 4.78 is 8.88. The van der Waals surface area contributed by atoms with Gasteiger partial charge in [0, 0.05) is 16.5 Å². The topological polar surface area (TPSA) is 14.2 Å². The van der Waals surface area contributed by atoms with Gasteiger partial charge in [0.15, 0.2) is 0 Å². The van der Waals surface area contributed by atoms with E-state index in [-0.39, 0.29) is 6.71 Å². The highest BCUT2D eigenvalue weighted by atomic mass is 16.5. The van der Waals surface area contributed by atoms with Gasteiger partial charge in [-0.2, -0.15) is 0 Å². The average molecular weight is 419 g/mol. The van der Waals surface area contributed by atoms with Crippen molar-refractivity contribution in [2.75, 3.05) is 0 Å². The number of hydrogen-bond acceptors (Lipinski definition) is 1. The van der Waals surface area contributed by atoms with E-state index in [0.717, 1.165) is 11.5 Å². The van der Waals surface area contributed by atoms with E-state index in [1.54, 1.807) is 0 Å². The maximum atomic E-state index is 6.44. The standard InChI is InChI=1S/C30H18BNO/c1-2-8-19(9-3-1)20-14-16-25-22(18-20)21-15-17-28-29-30(21)32(25)26-12-6-4-10-23(26)31(29)24-11-5-7-13-27(24)33-28/h1-18H. The van der Waals surface area contributed by atoms with E-state index < -0.39 is 0 Å². The molecule has 3 heteroatoms. The number of para-hydroxylation sites is 2. The van der Waals surface area contributed by atoms with Crippen molar-refractivity contribution < 1.29 is 4.74 Å². The molecule has 0 saturated carbocycles. The van der Waals surface area contributed by atoms with Gasteiger partial charge in [-0.15, -0.1) is 0 Å². The quantitative estimate of drug-likeness (QED) is 0.326. The van der Waals surface area contributed by atoms with Crippen molar-refractivity contribution in [2.45, 2.75) is 0 Å². The van der Waals surface area contributed by atoms with Crippen LogP contribution < -0.4 is 21.1 Å². The maximum absolute atomic E-state index is 6.44. The van der Waals surface area contributed by atoms with Gasteiger partial charge in [-0.05, 0) is 63.9 Å². The van der Waals surface area contributed by atoms with Gasteiger partial charge >= 0.3 is 0 Å². The van der Waals surface area contributed by atoms with Crippen LogP contribution in [0.4, 0.5) is 0 Å². The van der Waals surface area contributed by atoms with E-state index in [1.807, 2.05) is 0 Å². The number of benzene rings is 5. The minimum atomic E-state index is 0.176. The third kappa shape index (κ3) is 2.19. The maximum Gasteiger partial charge on any atom is 0.256 e. The van der Waals surface area contributed by atoms with Crippen molar-refractivity contribution in [3.63, 3.8) is 0 Å². The first-order valence-electron chi connectivity index (χ1n) is 11.4. The fourth-order valence-corrected chi connectivity index (χ4v) is 5.89. The Morgan fingerprint density at radius 1 is 0.576 bits per heavy atom. The zero-order valence-electron chi connectivity index (χ0n) is 17.8. The lowest BCUT2D eigenvalue weighted by molar-refractivity contribution is 0.488. The Labute approximate surface area is 191 Å². The van der Waals surface area contributed by atoms with Crippen LogP contribution in [0.15, 0.2) is 109 Å². The molecule has 6 aromatic rings. The smallest absolute Gasteiger partial charge is 0.256 e. The molecule has 0 spiro atoms. The molecule has 2 aliphatic rings. The molecule has 0 radical (unpaired) electrons. The summed E-state index contributed by atoms with van der Waals surface area (Å²) in [5, 5.41) is 2.56. The van der Waals surface area contributed by atoms with E-state index in [0.29, 0.717) is 0 Å². The van der Waals surface area contributed by atoms with Crippen molar-refractivity contribution in [1.29, 1.82) is 0 Å². The molecule has 0 unspecified atom stereocenters. The largest absolute Gasteiger partial charge is 0.458 e. The Morgan fingerprint density at radius 2 is 1.36 bits per heavy atom. The zero-order chi connectivity index (χ0) is 21.5. The normalized spacial score (nSPS) is 13.0. The van der Waals surface area contributed by atoms with Gasteiger partial charge in [0.2, 0.25) is 0 Å². The first-order chi connectivity index (χ1) is 16.4. The summed E-state index contributed by atoms with van der Waals surface area (Å²) in [6.07, 6.45) is 0. The van der Waals surface area contributed by atoms with E-state index in [9.17, 15) is 0 Å². The molecule has 2 nitrogen and oxygen atoms in total. The average Bonchev–Trinajstić information content (AvgIpc) is 3.22. The second kappa shape index (κ2) is 6.17. The van der Waals surface area contributed by atoms with Crippen LogP contribution in [0.5, 0.6) is 11.5 Å². The van der Waals surface area contributed by atoms with Crippen LogP contribution in [-0.4, -0.2) is 11.3 Å². The monoisotopic (exact) mass is 419 g/mol. The molecule has 33 heavy (non-hydrogen) atoms. The van der Waals surface area contributed by atoms with Gasteiger partial charge in [0.05, 0.1) is 11.0 Å². The molecule has 0 aliphatic carbocycles. The second-order valence-electron chi connectivity index (χ2n) is 8.94. The molecular formula is C30H18BNO. The van der Waals surface area contributed by atoms with Gasteiger partial charge in [0.1, 0.15) is 11.5 Å². The third-order valence-corrected chi connectivity index (χ3v) is 7.26. The Bertz CT molecular complexity index is 1750. The summed E-state index contributed by atoms with van der Waals surface area (Å²) in [6.45, 7) is 0.176. The molecule has 2 aliphatic heterocycles. The lowest BCUT2D eigenvalue weighted by atomic mass is 9.34. The molecule has 0 bridgehead atoms. The van der Waals surface area contributed by atoms with Crippen molar-refractivity contribution >= 4 is 44.9 Å². The molecule has 0 amide bonds. The minimum Gasteiger partial charge on any atom is -0.458 e. The fourth-order valence-electron chi connectivity index (χ4n) is 5.89. The first kappa shape index (κ1) is 17.3. The summed E-state index contributed by atoms with van der Waals surface area (Å²) >= 11 is 0. The van der Waals surface area contributed by atoms with Crippen molar-refractivity contribution in [3.8, 4) is 28.3 Å². The molecule has 0 saturated heterocycles. The van der Waals surface area contributed by atoms with Crippen molar-refractivity contribution in [1.82, 2.24) is 4.57 Å². The molecule has 3 heterocycles. The fraction of sp³-hybridized carbons (Fsp3) is 0. The summed E-state index contributed by atoms with van der Waals surface area (Å²) in [5.41, 5.74) is 10.1. The van der Waals surface area contributed by atoms with Crippen LogP contribution in [0.25, 0.3) is 38.6 Å². The SMILES string of the molecule is c1ccc(-c2ccc3c(c2)c2ccc4c5c2n3-c2ccccc2B5c2ccccc2O4)cc1. The molecule has 0 fully saturated rings. The number of hydrogen-bond donors (Lipinski definition) is 0. The molecule has 5 aromatic carbocycles. The summed E-state index contributed by atoms with van der Waals surface area (Å²) in [4.78, 5) is 0. The second-order valence-corrected chi connectivity index (χ2v) is 8.94. The van der Waals surface area contributed by atoms with Crippen LogP contribution in [0, 0.1) is 0 Å². The highest BCUT2D eigenvalue weighted by molar-refractivity contribution is 6.99. The van der Waals surface area contributed by atoms with E-state index >= 15 is 0 Å². The van der Waals surface area contributed by atoms with Gasteiger partial charge in [-0.25, -0.2) is 0 Å². The zero-order valence-corrected chi connectivity index (χ0v) is 17.8. The predicted octanol–water partition coefficient (Wildman–Crippen LogP) is 5.39. The molecule has 152 valence electrons. The van der Waals surface area contributed by atoms with E-state index in [2.05, 4.69) is 114 Å². The number of aromatic nitrogens is 1. The number of nitrogens with zero attached hydrogens (tertiary/aromatic N) is 1. The van der Waals surface area contributed by atoms with Crippen LogP contribution in [0.2, 0.25) is 0 Å². The van der Waals surface area contributed by atoms with E-state index in [1.165, 1.54) is 55.0 Å². The highest BCUT2D eigenvalue weighted by Crippen LogP contribution is 2.39. The Morgan fingerprint density at radius 3 is 2.27 bits per heavy atom. The van der Waals surface area contributed by atoms with Gasteiger partial charge in [-0.1, -0.05) is 72.8 Å². The van der Waals surface area contributed by atoms with Gasteiger partial charge < -0.3 is 9.30 Å². The summed E-state index contributed by atoms with van der Waals surface area (Å²) in [5.74, 6) is 1.92. The van der Waals surface area contributed by atoms with Crippen molar-refractivity contribution in [2.24, 2.45) is 0 Å². The Kier molecular flexibility index (Phi) is 3.24. The van der Waals surface area contributed by atoms with Crippen molar-refractivity contribution in [3.05, 3.63) is 109 Å². The third-order valence-electron chi connectivity index (χ3n) is 7.26. The lowest BCUT2D eigenvalue weighted by Gasteiger charge is -2.32. The number of fused-ring (bicyclic) bond motifs is 8. The number of rotatable bonds is 1. The molecule has 0 atom stereocenters. The highest BCUT2D eigenvalue weighted by Gasteiger charge is 2.39. The van der Waals surface area contributed by atoms with Crippen LogP contribution in [0.1, 0.15) is 0 Å². The summed E-state index contributed by atoms with van der Waals surface area (Å²) in [7, 11) is 0. The molecular weight excluding hydrogens is 401 g/mol. The van der Waals surface area contributed by atoms with E-state index in [4.69, 9.17) is 4.74 Å². The molecule has 1 aromatic heterocycles. The number of ether oxygens (including phenoxy) is 1. The van der Waals surface area contributed by atoms with Crippen LogP contribution >= 0.6 is 0 Å². The Balaban J connectivity index is 1.53. The molecule has 0 N–H and O–H groups in total. The minimum absolute atomic E-state index is 0.176. The summed E-state index contributed by atoms with van der Waals surface area (Å²) in [6, 6.07) is 39.2.